The number of esters is 1. The lowest BCUT2D eigenvalue weighted by Gasteiger charge is -2.11. The molecule has 0 fully saturated rings. The van der Waals surface area contributed by atoms with E-state index in [0.29, 0.717) is 17.5 Å². The summed E-state index contributed by atoms with van der Waals surface area (Å²) in [4.78, 5) is 15.1. The standard InChI is InChI=1S/C14H16N4O5S2/c1-9(19)22-6-7-23-11-4-2-10(3-5-11)12-8-18-13(16-12)24-14(17-18)25(15,20)21/h2-5,12H,6-8H2,1H3,(H2,15,20,21). The molecule has 0 aliphatic carbocycles. The monoisotopic (exact) mass is 384 g/mol. The second-order valence-electron chi connectivity index (χ2n) is 5.28. The third-order valence-electron chi connectivity index (χ3n) is 3.38. The second kappa shape index (κ2) is 7.02. The number of rotatable bonds is 5. The van der Waals surface area contributed by atoms with E-state index in [1.807, 2.05) is 12.1 Å². The molecular weight excluding hydrogens is 368 g/mol. The van der Waals surface area contributed by atoms with Crippen molar-refractivity contribution in [3.63, 3.8) is 0 Å². The van der Waals surface area contributed by atoms with E-state index in [0.717, 1.165) is 17.3 Å². The summed E-state index contributed by atoms with van der Waals surface area (Å²) in [5, 5.41) is 11.1. The lowest BCUT2D eigenvalue weighted by atomic mass is 10.1. The van der Waals surface area contributed by atoms with Crippen LogP contribution in [0, 0.1) is 0 Å². The van der Waals surface area contributed by atoms with E-state index in [9.17, 15) is 13.2 Å². The van der Waals surface area contributed by atoms with Gasteiger partial charge in [0.15, 0.2) is 5.17 Å². The van der Waals surface area contributed by atoms with Crippen LogP contribution in [0.5, 0.6) is 5.75 Å². The molecule has 0 amide bonds. The SMILES string of the molecule is CC(=O)OCCOc1ccc(C2CN3N=C(S(N)(=O)=O)SC3=N2)cc1. The Labute approximate surface area is 148 Å². The molecule has 3 rings (SSSR count). The summed E-state index contributed by atoms with van der Waals surface area (Å²) in [5.41, 5.74) is 0.960. The van der Waals surface area contributed by atoms with Gasteiger partial charge in [0, 0.05) is 6.92 Å². The van der Waals surface area contributed by atoms with Crippen molar-refractivity contribution in [2.24, 2.45) is 15.2 Å². The van der Waals surface area contributed by atoms with Crippen molar-refractivity contribution >= 4 is 37.3 Å². The number of primary sulfonamides is 1. The highest BCUT2D eigenvalue weighted by atomic mass is 32.3. The first-order valence-corrected chi connectivity index (χ1v) is 9.70. The van der Waals surface area contributed by atoms with Crippen LogP contribution in [0.15, 0.2) is 34.4 Å². The van der Waals surface area contributed by atoms with E-state index in [4.69, 9.17) is 14.6 Å². The minimum atomic E-state index is -3.81. The topological polar surface area (TPSA) is 124 Å². The molecule has 11 heteroatoms. The van der Waals surface area contributed by atoms with Crippen molar-refractivity contribution < 1.29 is 22.7 Å². The Bertz CT molecular complexity index is 835. The van der Waals surface area contributed by atoms with E-state index in [2.05, 4.69) is 10.1 Å². The van der Waals surface area contributed by atoms with Gasteiger partial charge in [-0.25, -0.2) is 18.6 Å². The molecule has 2 heterocycles. The maximum absolute atomic E-state index is 11.3. The molecule has 1 atom stereocenters. The molecule has 0 spiro atoms. The van der Waals surface area contributed by atoms with Crippen LogP contribution in [-0.2, 0) is 19.6 Å². The fourth-order valence-corrected chi connectivity index (χ4v) is 3.87. The number of hydrogen-bond donors (Lipinski definition) is 1. The van der Waals surface area contributed by atoms with Gasteiger partial charge in [0.05, 0.1) is 12.6 Å². The molecule has 1 unspecified atom stereocenters. The summed E-state index contributed by atoms with van der Waals surface area (Å²) < 4.78 is 32.7. The maximum Gasteiger partial charge on any atom is 0.302 e. The lowest BCUT2D eigenvalue weighted by Crippen LogP contribution is -2.20. The predicted molar refractivity (Wildman–Crippen MR) is 93.6 cm³/mol. The van der Waals surface area contributed by atoms with E-state index in [1.54, 1.807) is 17.1 Å². The molecule has 0 bridgehead atoms. The van der Waals surface area contributed by atoms with E-state index in [1.165, 1.54) is 6.92 Å². The molecule has 0 saturated carbocycles. The molecule has 134 valence electrons. The van der Waals surface area contributed by atoms with Crippen LogP contribution < -0.4 is 9.88 Å². The molecule has 2 aliphatic rings. The summed E-state index contributed by atoms with van der Waals surface area (Å²) in [6.07, 6.45) is 0. The third kappa shape index (κ3) is 4.30. The number of amidine groups is 1. The zero-order valence-corrected chi connectivity index (χ0v) is 14.9. The largest absolute Gasteiger partial charge is 0.490 e. The van der Waals surface area contributed by atoms with Gasteiger partial charge < -0.3 is 9.47 Å². The summed E-state index contributed by atoms with van der Waals surface area (Å²) in [7, 11) is -3.81. The van der Waals surface area contributed by atoms with Gasteiger partial charge in [-0.05, 0) is 29.5 Å². The van der Waals surface area contributed by atoms with Crippen molar-refractivity contribution in [2.75, 3.05) is 19.8 Å². The number of hydrogen-bond acceptors (Lipinski definition) is 9. The summed E-state index contributed by atoms with van der Waals surface area (Å²) in [5.74, 6) is 0.317. The Hall–Kier alpha value is -2.11. The lowest BCUT2D eigenvalue weighted by molar-refractivity contribution is -0.141. The van der Waals surface area contributed by atoms with E-state index < -0.39 is 10.0 Å². The highest BCUT2D eigenvalue weighted by molar-refractivity contribution is 8.42. The van der Waals surface area contributed by atoms with Gasteiger partial charge in [0.25, 0.3) is 10.0 Å². The molecule has 2 N–H and O–H groups in total. The molecule has 9 nitrogen and oxygen atoms in total. The number of carbonyl (C=O) groups is 1. The first-order valence-electron chi connectivity index (χ1n) is 7.33. The Morgan fingerprint density at radius 2 is 2.08 bits per heavy atom. The highest BCUT2D eigenvalue weighted by Crippen LogP contribution is 2.34. The van der Waals surface area contributed by atoms with Crippen LogP contribution in [0.4, 0.5) is 0 Å². The van der Waals surface area contributed by atoms with Crippen molar-refractivity contribution in [2.45, 2.75) is 13.0 Å². The maximum atomic E-state index is 11.3. The van der Waals surface area contributed by atoms with Crippen LogP contribution in [0.3, 0.4) is 0 Å². The molecule has 1 aromatic carbocycles. The summed E-state index contributed by atoms with van der Waals surface area (Å²) in [6.45, 7) is 2.27. The normalized spacial score (nSPS) is 19.3. The van der Waals surface area contributed by atoms with Gasteiger partial charge in [-0.15, -0.1) is 5.10 Å². The molecule has 2 aliphatic heterocycles. The number of aliphatic imine (C=N–C) groups is 1. The number of hydrazone groups is 1. The van der Waals surface area contributed by atoms with Crippen LogP contribution in [0.1, 0.15) is 18.5 Å². The highest BCUT2D eigenvalue weighted by Gasteiger charge is 2.36. The minimum Gasteiger partial charge on any atom is -0.490 e. The van der Waals surface area contributed by atoms with Gasteiger partial charge in [-0.2, -0.15) is 0 Å². The number of ether oxygens (including phenoxy) is 2. The van der Waals surface area contributed by atoms with Gasteiger partial charge in [-0.1, -0.05) is 12.1 Å². The van der Waals surface area contributed by atoms with Crippen LogP contribution in [-0.4, -0.2) is 48.7 Å². The van der Waals surface area contributed by atoms with Crippen molar-refractivity contribution in [1.82, 2.24) is 5.01 Å². The molecule has 25 heavy (non-hydrogen) atoms. The Morgan fingerprint density at radius 1 is 1.36 bits per heavy atom. The second-order valence-corrected chi connectivity index (χ2v) is 7.97. The average molecular weight is 384 g/mol. The summed E-state index contributed by atoms with van der Waals surface area (Å²) >= 11 is 0.952. The Balaban J connectivity index is 1.57. The van der Waals surface area contributed by atoms with Crippen LogP contribution in [0.2, 0.25) is 0 Å². The van der Waals surface area contributed by atoms with Crippen molar-refractivity contribution in [3.05, 3.63) is 29.8 Å². The zero-order chi connectivity index (χ0) is 18.0. The smallest absolute Gasteiger partial charge is 0.302 e. The van der Waals surface area contributed by atoms with Gasteiger partial charge in [0.2, 0.25) is 4.38 Å². The summed E-state index contributed by atoms with van der Waals surface area (Å²) in [6, 6.07) is 7.24. The number of sulfonamides is 1. The first-order chi connectivity index (χ1) is 11.8. The molecule has 0 aromatic heterocycles. The molecule has 0 saturated heterocycles. The fraction of sp³-hybridized carbons (Fsp3) is 0.357. The number of fused-ring (bicyclic) bond motifs is 1. The van der Waals surface area contributed by atoms with E-state index in [-0.39, 0.29) is 29.6 Å². The van der Waals surface area contributed by atoms with Crippen LogP contribution >= 0.6 is 11.8 Å². The molecule has 0 radical (unpaired) electrons. The minimum absolute atomic E-state index is 0.136. The predicted octanol–water partition coefficient (Wildman–Crippen LogP) is 0.647. The van der Waals surface area contributed by atoms with Crippen molar-refractivity contribution in [1.29, 1.82) is 0 Å². The van der Waals surface area contributed by atoms with Gasteiger partial charge >= 0.3 is 5.97 Å². The fourth-order valence-electron chi connectivity index (χ4n) is 2.27. The first kappa shape index (κ1) is 17.7. The van der Waals surface area contributed by atoms with Gasteiger partial charge in [-0.3, -0.25) is 9.79 Å². The zero-order valence-electron chi connectivity index (χ0n) is 13.3. The van der Waals surface area contributed by atoms with Gasteiger partial charge in [0.1, 0.15) is 19.0 Å². The average Bonchev–Trinajstić information content (AvgIpc) is 3.10. The third-order valence-corrected chi connectivity index (χ3v) is 5.65. The Morgan fingerprint density at radius 3 is 2.68 bits per heavy atom. The quantitative estimate of drug-likeness (QED) is 0.584. The van der Waals surface area contributed by atoms with Crippen LogP contribution in [0.25, 0.3) is 0 Å². The number of thioether (sulfide) groups is 1. The number of carbonyl (C=O) groups excluding carboxylic acids is 1. The molecule has 1 aromatic rings. The van der Waals surface area contributed by atoms with E-state index >= 15 is 0 Å². The Kier molecular flexibility index (Phi) is 4.97. The number of nitrogens with zero attached hydrogens (tertiary/aromatic N) is 3. The molecular formula is C14H16N4O5S2. The number of nitrogens with two attached hydrogens (primary N) is 1. The number of benzene rings is 1. The van der Waals surface area contributed by atoms with Crippen molar-refractivity contribution in [3.8, 4) is 5.75 Å².